The van der Waals surface area contributed by atoms with Crippen LogP contribution in [0.3, 0.4) is 0 Å². The minimum atomic E-state index is 1.11. The van der Waals surface area contributed by atoms with E-state index in [0.29, 0.717) is 0 Å². The molecule has 17 aromatic rings. The lowest BCUT2D eigenvalue weighted by atomic mass is 9.98. The highest BCUT2D eigenvalue weighted by Crippen LogP contribution is 2.49. The number of hydrogen-bond donors (Lipinski definition) is 0. The zero-order chi connectivity index (χ0) is 56.4. The number of aromatic nitrogens is 2. The predicted molar refractivity (Wildman–Crippen MR) is 361 cm³/mol. The van der Waals surface area contributed by atoms with E-state index in [9.17, 15) is 0 Å². The Kier molecular flexibility index (Phi) is 10.9. The van der Waals surface area contributed by atoms with Gasteiger partial charge in [-0.25, -0.2) is 0 Å². The third kappa shape index (κ3) is 7.62. The van der Waals surface area contributed by atoms with E-state index < -0.39 is 0 Å². The highest BCUT2D eigenvalue weighted by molar-refractivity contribution is 6.29. The minimum Gasteiger partial charge on any atom is -0.310 e. The molecule has 0 saturated heterocycles. The first-order valence-electron chi connectivity index (χ1n) is 29.5. The maximum Gasteiger partial charge on any atom is 0.0620 e. The molecule has 0 aliphatic rings. The molecule has 17 rings (SSSR count). The molecular formula is C81H56N4. The summed E-state index contributed by atoms with van der Waals surface area (Å²) in [5.41, 5.74) is 27.3. The molecular weight excluding hydrogens is 1030 g/mol. The molecule has 4 heteroatoms. The third-order valence-corrected chi connectivity index (χ3v) is 18.1. The van der Waals surface area contributed by atoms with E-state index >= 15 is 0 Å². The Hall–Kier alpha value is -10.9. The summed E-state index contributed by atoms with van der Waals surface area (Å²) in [5.74, 6) is 0. The zero-order valence-corrected chi connectivity index (χ0v) is 47.4. The van der Waals surface area contributed by atoms with Gasteiger partial charge in [-0.2, -0.15) is 0 Å². The molecule has 0 spiro atoms. The van der Waals surface area contributed by atoms with Crippen molar-refractivity contribution in [3.8, 4) is 44.5 Å². The van der Waals surface area contributed by atoms with Crippen molar-refractivity contribution in [3.05, 3.63) is 302 Å². The van der Waals surface area contributed by atoms with Crippen LogP contribution in [0.2, 0.25) is 0 Å². The molecule has 0 aliphatic heterocycles. The molecule has 4 nitrogen and oxygen atoms in total. The molecule has 0 radical (unpaired) electrons. The standard InChI is InChI=1S/C81H56N4/c1-51-33-36-59(55-21-10-5-11-22-55)44-75(51)82(62-28-16-27-58(43-62)54-19-8-4-9-20-54)63-39-41-73-69(47-63)65-29-17-31-67-71-50-79-72(49-78(71)84(73)80(65)67)68-32-18-30-66-70-48-64(40-42-74(70)85(79)81(66)68)83(76-45-60(37-34-52(76)2)56-23-12-6-13-24-56)77-46-61(38-35-53(77)3)57-25-14-7-15-26-57/h4-50H,1-3H3. The second kappa shape index (κ2) is 19.1. The van der Waals surface area contributed by atoms with Crippen molar-refractivity contribution in [3.63, 3.8) is 0 Å². The Balaban J connectivity index is 0.841. The summed E-state index contributed by atoms with van der Waals surface area (Å²) in [6, 6.07) is 106. The van der Waals surface area contributed by atoms with Crippen LogP contribution in [0.4, 0.5) is 34.1 Å². The van der Waals surface area contributed by atoms with E-state index in [1.807, 2.05) is 0 Å². The lowest BCUT2D eigenvalue weighted by Crippen LogP contribution is -2.13. The van der Waals surface area contributed by atoms with E-state index in [0.717, 1.165) is 34.1 Å². The average molecular weight is 1090 g/mol. The number of aryl methyl sites for hydroxylation is 3. The monoisotopic (exact) mass is 1080 g/mol. The first kappa shape index (κ1) is 48.7. The molecule has 85 heavy (non-hydrogen) atoms. The van der Waals surface area contributed by atoms with E-state index in [1.54, 1.807) is 0 Å². The quantitative estimate of drug-likeness (QED) is 0.136. The third-order valence-electron chi connectivity index (χ3n) is 18.1. The number of fused-ring (bicyclic) bond motifs is 12. The number of benzene rings is 13. The molecule has 0 amide bonds. The van der Waals surface area contributed by atoms with Crippen LogP contribution in [0.25, 0.3) is 121 Å². The molecule has 4 heterocycles. The van der Waals surface area contributed by atoms with Gasteiger partial charge >= 0.3 is 0 Å². The fraction of sp³-hybridized carbons (Fsp3) is 0.0370. The van der Waals surface area contributed by atoms with E-state index in [2.05, 4.69) is 324 Å². The number of para-hydroxylation sites is 2. The zero-order valence-electron chi connectivity index (χ0n) is 47.4. The Labute approximate surface area is 493 Å². The lowest BCUT2D eigenvalue weighted by molar-refractivity contribution is 1.23. The highest BCUT2D eigenvalue weighted by Gasteiger charge is 2.26. The molecule has 0 saturated carbocycles. The maximum absolute atomic E-state index is 2.54. The van der Waals surface area contributed by atoms with Gasteiger partial charge in [0.2, 0.25) is 0 Å². The Morgan fingerprint density at radius 2 is 0.529 bits per heavy atom. The number of nitrogens with zero attached hydrogens (tertiary/aromatic N) is 4. The molecule has 0 unspecified atom stereocenters. The normalized spacial score (nSPS) is 11.9. The van der Waals surface area contributed by atoms with Gasteiger partial charge in [0.25, 0.3) is 0 Å². The van der Waals surface area contributed by atoms with E-state index in [4.69, 9.17) is 0 Å². The smallest absolute Gasteiger partial charge is 0.0620 e. The first-order valence-corrected chi connectivity index (χ1v) is 29.5. The number of anilines is 6. The largest absolute Gasteiger partial charge is 0.310 e. The van der Waals surface area contributed by atoms with Gasteiger partial charge in [0, 0.05) is 77.2 Å². The molecule has 13 aromatic carbocycles. The Morgan fingerprint density at radius 1 is 0.212 bits per heavy atom. The predicted octanol–water partition coefficient (Wildman–Crippen LogP) is 22.5. The van der Waals surface area contributed by atoms with Crippen LogP contribution in [0.1, 0.15) is 16.7 Å². The van der Waals surface area contributed by atoms with Crippen LogP contribution in [0, 0.1) is 20.8 Å². The SMILES string of the molecule is Cc1ccc(-c2ccccc2)cc1N(c1cccc(-c2ccccc2)c1)c1ccc2c(c1)c1cccc3c4cc5c(cc4n2c13)c1cccc2c3cc(N(c4cc(-c6ccccc6)ccc4C)c4cc(-c6ccccc6)ccc4C)ccc3n5c21. The average Bonchev–Trinajstić information content (AvgIpc) is 1.56. The van der Waals surface area contributed by atoms with Crippen molar-refractivity contribution in [2.24, 2.45) is 0 Å². The molecule has 0 fully saturated rings. The summed E-state index contributed by atoms with van der Waals surface area (Å²) in [5, 5.41) is 9.99. The second-order valence-electron chi connectivity index (χ2n) is 23.1. The number of rotatable bonds is 10. The van der Waals surface area contributed by atoms with Crippen molar-refractivity contribution in [1.82, 2.24) is 8.80 Å². The highest BCUT2D eigenvalue weighted by atomic mass is 15.2. The topological polar surface area (TPSA) is 15.3 Å². The lowest BCUT2D eigenvalue weighted by Gasteiger charge is -2.30. The van der Waals surface area contributed by atoms with Gasteiger partial charge in [-0.3, -0.25) is 0 Å². The van der Waals surface area contributed by atoms with Gasteiger partial charge in [-0.1, -0.05) is 206 Å². The first-order chi connectivity index (χ1) is 41.9. The van der Waals surface area contributed by atoms with Crippen LogP contribution >= 0.6 is 0 Å². The van der Waals surface area contributed by atoms with Gasteiger partial charge in [0.1, 0.15) is 0 Å². The number of hydrogen-bond acceptors (Lipinski definition) is 2. The molecule has 0 bridgehead atoms. The van der Waals surface area contributed by atoms with Crippen LogP contribution < -0.4 is 9.80 Å². The Morgan fingerprint density at radius 3 is 0.929 bits per heavy atom. The molecule has 0 atom stereocenters. The van der Waals surface area contributed by atoms with Crippen LogP contribution in [0.5, 0.6) is 0 Å². The molecule has 0 N–H and O–H groups in total. The molecule has 400 valence electrons. The van der Waals surface area contributed by atoms with E-state index in [1.165, 1.54) is 137 Å². The second-order valence-corrected chi connectivity index (χ2v) is 23.1. The minimum absolute atomic E-state index is 1.11. The summed E-state index contributed by atoms with van der Waals surface area (Å²) in [6.45, 7) is 6.71. The summed E-state index contributed by atoms with van der Waals surface area (Å²) in [7, 11) is 0. The molecule has 4 aromatic heterocycles. The van der Waals surface area contributed by atoms with Gasteiger partial charge < -0.3 is 18.6 Å². The fourth-order valence-corrected chi connectivity index (χ4v) is 14.0. The van der Waals surface area contributed by atoms with E-state index in [-0.39, 0.29) is 0 Å². The van der Waals surface area contributed by atoms with Crippen molar-refractivity contribution in [2.45, 2.75) is 20.8 Å². The van der Waals surface area contributed by atoms with Crippen molar-refractivity contribution in [2.75, 3.05) is 9.80 Å². The van der Waals surface area contributed by atoms with Crippen LogP contribution in [-0.4, -0.2) is 8.80 Å². The summed E-state index contributed by atoms with van der Waals surface area (Å²) >= 11 is 0. The fourth-order valence-electron chi connectivity index (χ4n) is 14.0. The van der Waals surface area contributed by atoms with Crippen LogP contribution in [-0.2, 0) is 0 Å². The van der Waals surface area contributed by atoms with Crippen molar-refractivity contribution < 1.29 is 0 Å². The maximum atomic E-state index is 2.54. The summed E-state index contributed by atoms with van der Waals surface area (Å²) < 4.78 is 5.08. The van der Waals surface area contributed by atoms with Crippen molar-refractivity contribution in [1.29, 1.82) is 0 Å². The van der Waals surface area contributed by atoms with Gasteiger partial charge in [0.05, 0.1) is 33.1 Å². The van der Waals surface area contributed by atoms with Gasteiger partial charge in [-0.15, -0.1) is 0 Å². The molecule has 0 aliphatic carbocycles. The van der Waals surface area contributed by atoms with Gasteiger partial charge in [-0.05, 0) is 161 Å². The summed E-state index contributed by atoms with van der Waals surface area (Å²) in [6.07, 6.45) is 0. The Bertz CT molecular complexity index is 5360. The van der Waals surface area contributed by atoms with Gasteiger partial charge in [0.15, 0.2) is 0 Å². The van der Waals surface area contributed by atoms with Crippen LogP contribution in [0.15, 0.2) is 285 Å². The summed E-state index contributed by atoms with van der Waals surface area (Å²) in [4.78, 5) is 4.96. The van der Waals surface area contributed by atoms with Crippen molar-refractivity contribution >= 4 is 110 Å².